The number of H-pyrrole nitrogens is 3. The van der Waals surface area contributed by atoms with Gasteiger partial charge in [0.2, 0.25) is 29.3 Å². The molecule has 38 heteroatoms. The second-order valence-electron chi connectivity index (χ2n) is 35.3. The van der Waals surface area contributed by atoms with E-state index in [-0.39, 0.29) is 90.3 Å². The molecule has 3 aromatic heterocycles. The first kappa shape index (κ1) is 108. The molecule has 6 rings (SSSR count). The lowest BCUT2D eigenvalue weighted by Crippen LogP contribution is -2.37. The molecular weight excluding hydrogens is 1650 g/mol. The van der Waals surface area contributed by atoms with E-state index in [1.54, 1.807) is 0 Å². The third-order valence-corrected chi connectivity index (χ3v) is 21.8. The summed E-state index contributed by atoms with van der Waals surface area (Å²) in [6.45, 7) is 36.1. The maximum atomic E-state index is 12.8. The Morgan fingerprint density at radius 1 is 0.508 bits per heavy atom. The molecule has 124 heavy (non-hydrogen) atoms. The molecule has 10 atom stereocenters. The number of Topliss-reactive ketones (excluding diaryl/α,β-unsaturated/α-hetero) is 2. The van der Waals surface area contributed by atoms with Crippen LogP contribution in [-0.4, -0.2) is 192 Å². The standard InChI is InChI=1S/C31H47F3N5O6P.C29H44F3N3O7.C26H44N4O6/c1-6-24-25(45-46(18-12-16-35)39(21(2)3)22(4)5)19-28(44-24)38-20-23(29(42)37-30(38)43)14-15-27(41)36-17-11-9-7-8-10-13-26(40)31(32,33)34;1-27(2,3)40-18-21-20(42-28(4,5)6)16-24(41-21)35-17-19(25(38)34-26(35)39)13-14-23(37)33-15-11-9-7-8-10-12-22(36)29(30,31)32;1-25(2,3)34-17-20-19(36-26(4,5)6)15-22(35-20)30-16-18(23(32)29-24(30)33)11-12-21(31)28-14-10-8-7-9-13-27/h14-15,20-22,24-25,28H,6-13,17-19H2,1-5H3,(H,36,41)(H,37,42,43);13-14,17,20-21,24H,7-12,15-16,18H2,1-6H3,(H,33,37)(H,34,38,39);11-12,16,19-20,22H,7-10,13-15,17,27H2,1-6H3,(H,28,31)(H,29,32,33)/b15-14+;14-13+;12-11+/t24-,25?,28-,46?;20?,21-,24-;19?,20-,22-/m111/s1. The van der Waals surface area contributed by atoms with Crippen molar-refractivity contribution in [3.63, 3.8) is 0 Å². The van der Waals surface area contributed by atoms with E-state index >= 15 is 0 Å². The molecule has 0 bridgehead atoms. The number of aromatic amines is 3. The number of carbonyl (C=O) groups is 5. The minimum Gasteiger partial charge on any atom is -0.373 e. The molecule has 0 radical (unpaired) electrons. The van der Waals surface area contributed by atoms with Gasteiger partial charge in [0.25, 0.3) is 16.7 Å². The fourth-order valence-corrected chi connectivity index (χ4v) is 15.7. The van der Waals surface area contributed by atoms with Gasteiger partial charge in [-0.05, 0) is 180 Å². The molecule has 3 fully saturated rings. The first-order chi connectivity index (χ1) is 57.8. The molecule has 3 aliphatic heterocycles. The zero-order valence-electron chi connectivity index (χ0n) is 75.1. The van der Waals surface area contributed by atoms with E-state index in [4.69, 9.17) is 43.4 Å². The van der Waals surface area contributed by atoms with Crippen molar-refractivity contribution in [2.45, 2.75) is 355 Å². The van der Waals surface area contributed by atoms with Crippen LogP contribution in [0, 0.1) is 11.3 Å². The van der Waals surface area contributed by atoms with Gasteiger partial charge in [0.15, 0.2) is 0 Å². The van der Waals surface area contributed by atoms with Crippen LogP contribution in [0.15, 0.2) is 65.6 Å². The highest BCUT2D eigenvalue weighted by Gasteiger charge is 2.44. The number of rotatable bonds is 45. The van der Waals surface area contributed by atoms with Crippen molar-refractivity contribution in [3.8, 4) is 6.07 Å². The number of nitrogens with zero attached hydrogens (tertiary/aromatic N) is 5. The summed E-state index contributed by atoms with van der Waals surface area (Å²) in [5, 5.41) is 17.4. The molecule has 6 heterocycles. The number of nitrogens with one attached hydrogen (secondary N) is 6. The number of hydrogen-bond acceptors (Lipinski definition) is 22. The molecule has 3 amide bonds. The maximum absolute atomic E-state index is 12.8. The topological polar surface area (TPSA) is 413 Å². The molecule has 3 aromatic rings. The van der Waals surface area contributed by atoms with Crippen molar-refractivity contribution in [2.75, 3.05) is 45.6 Å². The Bertz CT molecular complexity index is 4360. The van der Waals surface area contributed by atoms with Crippen molar-refractivity contribution < 1.29 is 88.0 Å². The van der Waals surface area contributed by atoms with E-state index < -0.39 is 132 Å². The van der Waals surface area contributed by atoms with Gasteiger partial charge in [0.05, 0.1) is 82.8 Å². The van der Waals surface area contributed by atoms with Crippen LogP contribution in [0.3, 0.4) is 0 Å². The molecule has 0 aliphatic carbocycles. The number of ketones is 2. The smallest absolute Gasteiger partial charge is 0.373 e. The average molecular weight is 1790 g/mol. The molecule has 31 nitrogen and oxygen atoms in total. The number of aromatic nitrogens is 6. The maximum Gasteiger partial charge on any atom is 0.449 e. The Hall–Kier alpha value is -7.89. The quantitative estimate of drug-likeness (QED) is 0.0120. The van der Waals surface area contributed by atoms with Gasteiger partial charge >= 0.3 is 29.4 Å². The monoisotopic (exact) mass is 1780 g/mol. The highest BCUT2D eigenvalue weighted by Crippen LogP contribution is 2.50. The lowest BCUT2D eigenvalue weighted by Gasteiger charge is -2.38. The average Bonchev–Trinajstić information content (AvgIpc) is 1.66. The third kappa shape index (κ3) is 40.8. The SMILES string of the molecule is CC(C)(C)OC[C@H]1O[C@@H](n2cc(/C=C/C(=O)NCCCCCCCC(=O)C(F)(F)F)c(=O)[nH]c2=O)CC1OC(C)(C)C.CC(C)(C)OC[C@H]1O[C@@H](n2cc(/C=C/C(=O)NCCCCCCN)c(=O)[nH]c2=O)CC1OC(C)(C)C.CC[C@H]1O[C@@H](n2cc(/C=C/C(=O)NCCCCCCCC(=O)C(F)(F)F)c(=O)[nH]c2=O)CC1OP(CCC#N)N(C(C)C)C(C)C. The van der Waals surface area contributed by atoms with Gasteiger partial charge in [-0.15, -0.1) is 0 Å². The van der Waals surface area contributed by atoms with Gasteiger partial charge in [0, 0.05) is 113 Å². The number of alkyl halides is 6. The fraction of sp³-hybridized carbons (Fsp3) is 0.721. The minimum atomic E-state index is -4.78. The van der Waals surface area contributed by atoms with Crippen LogP contribution in [0.1, 0.15) is 288 Å². The van der Waals surface area contributed by atoms with Gasteiger partial charge in [-0.2, -0.15) is 31.6 Å². The summed E-state index contributed by atoms with van der Waals surface area (Å²) in [4.78, 5) is 141. The van der Waals surface area contributed by atoms with Crippen LogP contribution in [0.25, 0.3) is 18.2 Å². The number of carbonyl (C=O) groups excluding carboxylic acids is 5. The number of nitriles is 1. The lowest BCUT2D eigenvalue weighted by atomic mass is 10.1. The van der Waals surface area contributed by atoms with E-state index in [1.165, 1.54) is 68.7 Å². The zero-order valence-corrected chi connectivity index (χ0v) is 76.0. The molecule has 0 spiro atoms. The van der Waals surface area contributed by atoms with Crippen molar-refractivity contribution >= 4 is 55.8 Å². The van der Waals surface area contributed by atoms with Crippen LogP contribution in [0.2, 0.25) is 0 Å². The molecule has 8 N–H and O–H groups in total. The summed E-state index contributed by atoms with van der Waals surface area (Å²) in [7, 11) is -1.11. The number of unbranched alkanes of at least 4 members (excludes halogenated alkanes) is 11. The second-order valence-corrected chi connectivity index (χ2v) is 37.1. The largest absolute Gasteiger partial charge is 0.449 e. The summed E-state index contributed by atoms with van der Waals surface area (Å²) >= 11 is 0. The summed E-state index contributed by atoms with van der Waals surface area (Å²) in [5.74, 6) is -4.62. The van der Waals surface area contributed by atoms with Crippen LogP contribution >= 0.6 is 8.30 Å². The molecule has 700 valence electrons. The first-order valence-electron chi connectivity index (χ1n) is 42.9. The molecule has 0 saturated carbocycles. The third-order valence-electron chi connectivity index (χ3n) is 19.3. The van der Waals surface area contributed by atoms with Crippen molar-refractivity contribution in [3.05, 3.63) is 116 Å². The van der Waals surface area contributed by atoms with Crippen molar-refractivity contribution in [1.82, 2.24) is 49.3 Å². The minimum absolute atomic E-state index is 0.0874. The normalized spacial score (nSPS) is 19.9. The Morgan fingerprint density at radius 2 is 0.823 bits per heavy atom. The lowest BCUT2D eigenvalue weighted by molar-refractivity contribution is -0.171. The number of halogens is 6. The first-order valence-corrected chi connectivity index (χ1v) is 44.3. The molecular formula is C86H135F6N12O19P. The van der Waals surface area contributed by atoms with Gasteiger partial charge < -0.3 is 59.4 Å². The number of amides is 3. The van der Waals surface area contributed by atoms with E-state index in [2.05, 4.69) is 69.3 Å². The van der Waals surface area contributed by atoms with E-state index in [1.807, 2.05) is 90.0 Å². The number of hydrogen-bond donors (Lipinski definition) is 7. The Labute approximate surface area is 723 Å². The summed E-state index contributed by atoms with van der Waals surface area (Å²) in [6, 6.07) is 2.62. The number of nitrogens with two attached hydrogens (primary N) is 1. The van der Waals surface area contributed by atoms with Crippen LogP contribution in [0.5, 0.6) is 0 Å². The van der Waals surface area contributed by atoms with E-state index in [0.29, 0.717) is 122 Å². The Kier molecular flexibility index (Phi) is 45.3. The highest BCUT2D eigenvalue weighted by molar-refractivity contribution is 7.50. The van der Waals surface area contributed by atoms with Crippen LogP contribution in [-0.2, 0) is 61.7 Å². The van der Waals surface area contributed by atoms with Gasteiger partial charge in [0.1, 0.15) is 39.2 Å². The molecule has 3 saturated heterocycles. The van der Waals surface area contributed by atoms with Gasteiger partial charge in [-0.3, -0.25) is 71.7 Å². The fourth-order valence-electron chi connectivity index (χ4n) is 13.4. The summed E-state index contributed by atoms with van der Waals surface area (Å²) in [6.07, 6.45) is 8.76. The van der Waals surface area contributed by atoms with E-state index in [9.17, 15) is 84.3 Å². The predicted octanol–water partition coefficient (Wildman–Crippen LogP) is 12.5. The summed E-state index contributed by atoms with van der Waals surface area (Å²) in [5.41, 5.74) is 0.435. The molecule has 0 aromatic carbocycles. The van der Waals surface area contributed by atoms with Gasteiger partial charge in [-0.1, -0.05) is 58.3 Å². The van der Waals surface area contributed by atoms with Crippen molar-refractivity contribution in [1.29, 1.82) is 5.26 Å². The van der Waals surface area contributed by atoms with Gasteiger partial charge in [-0.25, -0.2) is 14.4 Å². The summed E-state index contributed by atoms with van der Waals surface area (Å²) < 4.78 is 129. The highest BCUT2D eigenvalue weighted by atomic mass is 31.2. The zero-order chi connectivity index (χ0) is 93.1. The predicted molar refractivity (Wildman–Crippen MR) is 461 cm³/mol. The molecule has 4 unspecified atom stereocenters. The van der Waals surface area contributed by atoms with Crippen LogP contribution < -0.4 is 55.4 Å². The second kappa shape index (κ2) is 51.8. The number of ether oxygens (including phenoxy) is 7. The van der Waals surface area contributed by atoms with Crippen LogP contribution in [0.4, 0.5) is 26.3 Å². The Balaban J connectivity index is 0.000000393. The van der Waals surface area contributed by atoms with Crippen molar-refractivity contribution in [2.24, 2.45) is 5.73 Å². The Morgan fingerprint density at radius 3 is 1.12 bits per heavy atom. The molecule has 3 aliphatic rings. The van der Waals surface area contributed by atoms with E-state index in [0.717, 1.165) is 25.7 Å².